The van der Waals surface area contributed by atoms with Gasteiger partial charge in [0.25, 0.3) is 0 Å². The minimum absolute atomic E-state index is 0.151. The molecule has 0 radical (unpaired) electrons. The molecule has 8 rings (SSSR count). The highest BCUT2D eigenvalue weighted by atomic mass is 16.8. The Hall–Kier alpha value is -7.87. The highest BCUT2D eigenvalue weighted by Crippen LogP contribution is 2.47. The maximum atomic E-state index is 14.8. The first kappa shape index (κ1) is 68.0. The van der Waals surface area contributed by atoms with Gasteiger partial charge in [-0.3, -0.25) is 38.4 Å². The largest absolute Gasteiger partial charge is 0.511 e. The summed E-state index contributed by atoms with van der Waals surface area (Å²) in [5.74, 6) is -7.39. The molecule has 1 unspecified atom stereocenters. The Morgan fingerprint density at radius 3 is 1.86 bits per heavy atom. The predicted octanol–water partition coefficient (Wildman–Crippen LogP) is 7.16. The van der Waals surface area contributed by atoms with Gasteiger partial charge < -0.3 is 67.8 Å². The molecule has 3 saturated heterocycles. The average Bonchev–Trinajstić information content (AvgIpc) is 1.50. The quantitative estimate of drug-likeness (QED) is 0.0519. The fraction of sp³-hybridized carbons (Fsp3) is 0.585. The number of carbonyl (C=O) groups is 8. The second-order valence-electron chi connectivity index (χ2n) is 23.4. The Morgan fingerprint density at radius 2 is 1.24 bits per heavy atom. The Bertz CT molecular complexity index is 3300. The number of unbranched alkanes of at least 4 members (excludes halogenated alkanes) is 3. The summed E-state index contributed by atoms with van der Waals surface area (Å²) >= 11 is 0. The summed E-state index contributed by atoms with van der Waals surface area (Å²) in [7, 11) is 0. The van der Waals surface area contributed by atoms with Gasteiger partial charge in [-0.25, -0.2) is 15.0 Å². The number of hydrogen-bond acceptors (Lipinski definition) is 24. The third kappa shape index (κ3) is 15.5. The van der Waals surface area contributed by atoms with Crippen LogP contribution in [0.5, 0.6) is 0 Å². The van der Waals surface area contributed by atoms with E-state index in [-0.39, 0.29) is 37.0 Å². The van der Waals surface area contributed by atoms with Crippen molar-refractivity contribution in [2.45, 2.75) is 216 Å². The third-order valence-corrected chi connectivity index (χ3v) is 16.8. The van der Waals surface area contributed by atoms with E-state index in [1.807, 2.05) is 45.9 Å². The molecule has 3 N–H and O–H groups in total. The van der Waals surface area contributed by atoms with Crippen LogP contribution in [0.4, 0.5) is 0 Å². The van der Waals surface area contributed by atoms with E-state index in [9.17, 15) is 43.5 Å². The second-order valence-corrected chi connectivity index (χ2v) is 23.4. The first-order valence-corrected chi connectivity index (χ1v) is 30.7. The van der Waals surface area contributed by atoms with E-state index in [2.05, 4.69) is 31.4 Å². The molecule has 1 aliphatic carbocycles. The molecular formula is C65H83N5O20. The maximum absolute atomic E-state index is 14.8. The number of amides is 1. The second kappa shape index (κ2) is 29.4. The van der Waals surface area contributed by atoms with Crippen LogP contribution < -0.4 is 10.6 Å². The van der Waals surface area contributed by atoms with Crippen LogP contribution in [-0.2, 0) is 90.5 Å². The van der Waals surface area contributed by atoms with E-state index < -0.39 is 128 Å². The molecule has 0 saturated carbocycles. The molecule has 13 atom stereocenters. The molecule has 7 heterocycles. The van der Waals surface area contributed by atoms with Gasteiger partial charge in [-0.2, -0.15) is 0 Å². The van der Waals surface area contributed by atoms with Gasteiger partial charge in [-0.15, -0.1) is 0 Å². The molecule has 25 nitrogen and oxygen atoms in total. The Balaban J connectivity index is 1.14. The van der Waals surface area contributed by atoms with Gasteiger partial charge in [0.1, 0.15) is 37.3 Å². The number of nitrogens with one attached hydrogen (secondary N) is 2. The van der Waals surface area contributed by atoms with Crippen LogP contribution in [0.2, 0.25) is 0 Å². The van der Waals surface area contributed by atoms with Gasteiger partial charge in [-0.05, 0) is 87.5 Å². The van der Waals surface area contributed by atoms with Crippen LogP contribution >= 0.6 is 0 Å². The van der Waals surface area contributed by atoms with Crippen molar-refractivity contribution in [3.63, 3.8) is 0 Å². The van der Waals surface area contributed by atoms with Crippen LogP contribution in [0.15, 0.2) is 106 Å². The number of aliphatic hydroxyl groups is 1. The van der Waals surface area contributed by atoms with Crippen LogP contribution in [0, 0.1) is 11.8 Å². The molecule has 488 valence electrons. The third-order valence-electron chi connectivity index (χ3n) is 16.8. The van der Waals surface area contributed by atoms with Crippen molar-refractivity contribution in [2.24, 2.45) is 26.8 Å². The minimum atomic E-state index is -1.90. The monoisotopic (exact) mass is 1250 g/mol. The van der Waals surface area contributed by atoms with E-state index in [1.165, 1.54) is 0 Å². The highest BCUT2D eigenvalue weighted by molar-refractivity contribution is 6.21. The molecule has 3 fully saturated rings. The lowest BCUT2D eigenvalue weighted by Gasteiger charge is -2.48. The number of hydrogen-bond donors (Lipinski definition) is 3. The first-order valence-electron chi connectivity index (χ1n) is 30.7. The molecular weight excluding hydrogens is 1170 g/mol. The summed E-state index contributed by atoms with van der Waals surface area (Å²) in [6.07, 6.45) is -6.02. The van der Waals surface area contributed by atoms with Gasteiger partial charge in [0, 0.05) is 108 Å². The lowest BCUT2D eigenvalue weighted by Crippen LogP contribution is -2.68. The molecule has 0 aromatic rings. The number of aliphatic hydroxyl groups excluding tert-OH is 1. The summed E-state index contributed by atoms with van der Waals surface area (Å²) in [5, 5.41) is 18.4. The van der Waals surface area contributed by atoms with Crippen LogP contribution in [0.25, 0.3) is 0 Å². The van der Waals surface area contributed by atoms with E-state index in [0.29, 0.717) is 35.7 Å². The van der Waals surface area contributed by atoms with Crippen molar-refractivity contribution in [1.82, 2.24) is 10.6 Å². The number of esters is 7. The summed E-state index contributed by atoms with van der Waals surface area (Å²) in [4.78, 5) is 119. The molecule has 0 aromatic carbocycles. The summed E-state index contributed by atoms with van der Waals surface area (Å²) in [6.45, 7) is 21.1. The first-order chi connectivity index (χ1) is 42.7. The van der Waals surface area contributed by atoms with Gasteiger partial charge in [0.2, 0.25) is 5.91 Å². The van der Waals surface area contributed by atoms with Crippen molar-refractivity contribution in [2.75, 3.05) is 19.8 Å². The summed E-state index contributed by atoms with van der Waals surface area (Å²) in [5.41, 5.74) is 12.0. The number of allylic oxidation sites excluding steroid dienone is 11. The standard InChI is InChI=1S/C65H83N5O20/c1-15-17-18-19-22-80-33(7)54-31(5)46-24-45-30(4)42(56(68-45)43-23-50(78)55-32(6)47(69-57(43)55)25-48-41(16-2)29(3)44(66-48)26-49(54)67-46)20-21-53(79)70-64-62(86-39(13)76)60(84-37(11)74)59(51(88-64)27-81-34(8)71)90-65-63(87-40(14)77)61(85-38(12)75)58(83-36(10)73)52(89-65)28-82-35(9)72/h24-26,30,33,42,51-52,58-65,68,78H,15-23,27-28H2,1-14H3,(H,70,79)/t30-,33?,42-,51+,52+,58-,59+,60-,61-,62+,63+,64+,65-/m0/s1. The van der Waals surface area contributed by atoms with Gasteiger partial charge in [0.15, 0.2) is 43.0 Å². The van der Waals surface area contributed by atoms with Crippen LogP contribution in [-0.4, -0.2) is 157 Å². The zero-order valence-electron chi connectivity index (χ0n) is 53.6. The van der Waals surface area contributed by atoms with Crippen molar-refractivity contribution in [3.8, 4) is 0 Å². The number of carbonyl (C=O) groups excluding carboxylic acids is 8. The molecule has 1 amide bonds. The number of ether oxygens (including phenoxy) is 11. The Morgan fingerprint density at radius 1 is 0.667 bits per heavy atom. The Labute approximate surface area is 523 Å². The topological polar surface area (TPSA) is 319 Å². The van der Waals surface area contributed by atoms with Gasteiger partial charge >= 0.3 is 41.8 Å². The molecule has 0 aromatic heterocycles. The minimum Gasteiger partial charge on any atom is -0.511 e. The zero-order valence-corrected chi connectivity index (χ0v) is 53.6. The van der Waals surface area contributed by atoms with E-state index in [0.717, 1.165) is 136 Å². The molecule has 7 aliphatic heterocycles. The highest BCUT2D eigenvalue weighted by Gasteiger charge is 2.58. The van der Waals surface area contributed by atoms with Crippen molar-refractivity contribution in [3.05, 3.63) is 91.5 Å². The lowest BCUT2D eigenvalue weighted by atomic mass is 9.86. The maximum Gasteiger partial charge on any atom is 0.303 e. The summed E-state index contributed by atoms with van der Waals surface area (Å²) < 4.78 is 64.9. The van der Waals surface area contributed by atoms with E-state index >= 15 is 0 Å². The van der Waals surface area contributed by atoms with E-state index in [4.69, 9.17) is 67.1 Å². The molecule has 8 aliphatic rings. The number of aliphatic imine (C=N–C) groups is 3. The number of fused-ring (bicyclic) bond motifs is 5. The summed E-state index contributed by atoms with van der Waals surface area (Å²) in [6, 6.07) is 0. The van der Waals surface area contributed by atoms with Gasteiger partial charge in [-0.1, -0.05) is 40.0 Å². The van der Waals surface area contributed by atoms with Crippen molar-refractivity contribution < 1.29 is 95.6 Å². The normalized spacial score (nSPS) is 28.0. The molecule has 25 heteroatoms. The van der Waals surface area contributed by atoms with Crippen molar-refractivity contribution in [1.29, 1.82) is 0 Å². The smallest absolute Gasteiger partial charge is 0.303 e. The lowest BCUT2D eigenvalue weighted by molar-refractivity contribution is -0.345. The van der Waals surface area contributed by atoms with Crippen molar-refractivity contribution >= 4 is 64.8 Å². The predicted molar refractivity (Wildman–Crippen MR) is 322 cm³/mol. The SMILES string of the molecule is CCCCCCOC(C)C1=C(C)C2=NC1=CC1=NC(=CC3=C(C)C4=C(O)CC(=C5NC(=C2)[C@@H](C)[C@@H]5CCC(=O)N[C@@H]2O[C@H](COC(C)=O)[C@@H](O[C@@H]5O[C@H](COC(C)=O)[C@H](OC(C)=O)[C@H](OC(C)=O)[C@H]5OC(C)=O)[C@H](OC(C)=O)[C@H]2OC(C)=O)C4=N3)C(CC)=C1C. The molecule has 8 bridgehead atoms. The fourth-order valence-corrected chi connectivity index (χ4v) is 12.7. The van der Waals surface area contributed by atoms with Crippen LogP contribution in [0.3, 0.4) is 0 Å². The zero-order chi connectivity index (χ0) is 65.6. The average molecular weight is 1250 g/mol. The van der Waals surface area contributed by atoms with Gasteiger partial charge in [0.05, 0.1) is 40.3 Å². The number of nitrogens with zero attached hydrogens (tertiary/aromatic N) is 3. The van der Waals surface area contributed by atoms with Crippen LogP contribution in [0.1, 0.15) is 148 Å². The molecule has 90 heavy (non-hydrogen) atoms. The Kier molecular flexibility index (Phi) is 22.2. The number of rotatable bonds is 23. The fourth-order valence-electron chi connectivity index (χ4n) is 12.7. The molecule has 0 spiro atoms. The van der Waals surface area contributed by atoms with E-state index in [1.54, 1.807) is 0 Å².